The smallest absolute Gasteiger partial charge is 0.150 e. The summed E-state index contributed by atoms with van der Waals surface area (Å²) in [7, 11) is -2.78. The second kappa shape index (κ2) is 6.06. The van der Waals surface area contributed by atoms with E-state index in [4.69, 9.17) is 11.6 Å². The molecule has 3 nitrogen and oxygen atoms in total. The quantitative estimate of drug-likeness (QED) is 0.551. The monoisotopic (exact) mass is 253 g/mol. The maximum absolute atomic E-state index is 11.2. The van der Waals surface area contributed by atoms with Gasteiger partial charge in [0.1, 0.15) is 9.84 Å². The summed E-state index contributed by atoms with van der Waals surface area (Å²) < 4.78 is 22.3. The van der Waals surface area contributed by atoms with Gasteiger partial charge in [-0.15, -0.1) is 11.6 Å². The van der Waals surface area contributed by atoms with Crippen LogP contribution in [-0.4, -0.2) is 38.4 Å². The number of rotatable bonds is 7. The Morgan fingerprint density at radius 3 is 2.60 bits per heavy atom. The average Bonchev–Trinajstić information content (AvgIpc) is 2.14. The fourth-order valence-corrected chi connectivity index (χ4v) is 3.07. The highest BCUT2D eigenvalue weighted by atomic mass is 35.5. The van der Waals surface area contributed by atoms with Gasteiger partial charge in [-0.1, -0.05) is 6.92 Å². The number of alkyl halides is 1. The lowest BCUT2D eigenvalue weighted by Crippen LogP contribution is -2.34. The van der Waals surface area contributed by atoms with E-state index in [1.54, 1.807) is 6.92 Å². The fraction of sp³-hybridized carbons (Fsp3) is 1.00. The summed E-state index contributed by atoms with van der Waals surface area (Å²) in [5, 5.41) is 3.65. The van der Waals surface area contributed by atoms with Gasteiger partial charge in [-0.3, -0.25) is 0 Å². The van der Waals surface area contributed by atoms with E-state index in [0.717, 1.165) is 25.9 Å². The van der Waals surface area contributed by atoms with Crippen LogP contribution in [0.4, 0.5) is 0 Å². The van der Waals surface area contributed by atoms with E-state index in [2.05, 4.69) is 5.32 Å². The van der Waals surface area contributed by atoms with E-state index in [1.807, 2.05) is 0 Å². The van der Waals surface area contributed by atoms with Crippen LogP contribution >= 0.6 is 11.6 Å². The van der Waals surface area contributed by atoms with Crippen LogP contribution in [0.1, 0.15) is 26.2 Å². The molecule has 1 rings (SSSR count). The minimum Gasteiger partial charge on any atom is -0.316 e. The second-order valence-corrected chi connectivity index (χ2v) is 7.32. The molecule has 15 heavy (non-hydrogen) atoms. The van der Waals surface area contributed by atoms with Crippen molar-refractivity contribution in [2.45, 2.75) is 31.6 Å². The third kappa shape index (κ3) is 5.18. The summed E-state index contributed by atoms with van der Waals surface area (Å²) in [5.41, 5.74) is 0. The first-order valence-electron chi connectivity index (χ1n) is 5.58. The molecule has 90 valence electrons. The van der Waals surface area contributed by atoms with E-state index in [-0.39, 0.29) is 5.75 Å². The normalized spacial score (nSPS) is 26.3. The highest BCUT2D eigenvalue weighted by molar-refractivity contribution is 7.91. The zero-order chi connectivity index (χ0) is 11.3. The van der Waals surface area contributed by atoms with Crippen molar-refractivity contribution in [2.75, 3.05) is 24.6 Å². The molecule has 0 aromatic carbocycles. The van der Waals surface area contributed by atoms with Gasteiger partial charge in [0.25, 0.3) is 0 Å². The van der Waals surface area contributed by atoms with E-state index in [0.29, 0.717) is 23.5 Å². The van der Waals surface area contributed by atoms with Crippen molar-refractivity contribution in [2.24, 2.45) is 5.92 Å². The molecular formula is C10H20ClNO2S. The molecule has 0 saturated heterocycles. The van der Waals surface area contributed by atoms with Crippen molar-refractivity contribution in [3.05, 3.63) is 0 Å². The van der Waals surface area contributed by atoms with E-state index < -0.39 is 9.84 Å². The number of hydrogen-bond donors (Lipinski definition) is 1. The van der Waals surface area contributed by atoms with Crippen molar-refractivity contribution < 1.29 is 8.42 Å². The highest BCUT2D eigenvalue weighted by Crippen LogP contribution is 2.30. The van der Waals surface area contributed by atoms with Gasteiger partial charge in [0.2, 0.25) is 0 Å². The van der Waals surface area contributed by atoms with Gasteiger partial charge in [-0.05, 0) is 38.3 Å². The predicted molar refractivity (Wildman–Crippen MR) is 64.2 cm³/mol. The van der Waals surface area contributed by atoms with Crippen LogP contribution in [0.15, 0.2) is 0 Å². The molecular weight excluding hydrogens is 234 g/mol. The fourth-order valence-electron chi connectivity index (χ4n) is 1.69. The molecule has 0 aromatic rings. The Bertz CT molecular complexity index is 273. The molecule has 0 atom stereocenters. The second-order valence-electron chi connectivity index (χ2n) is 4.23. The lowest BCUT2D eigenvalue weighted by Gasteiger charge is -2.30. The summed E-state index contributed by atoms with van der Waals surface area (Å²) in [4.78, 5) is 0. The molecule has 0 aliphatic heterocycles. The Balaban J connectivity index is 1.94. The first-order chi connectivity index (χ1) is 7.03. The zero-order valence-corrected chi connectivity index (χ0v) is 10.8. The van der Waals surface area contributed by atoms with Gasteiger partial charge in [0, 0.05) is 11.1 Å². The third-order valence-corrected chi connectivity index (χ3v) is 5.01. The molecule has 5 heteroatoms. The Morgan fingerprint density at radius 2 is 2.07 bits per heavy atom. The standard InChI is InChI=1S/C10H20ClNO2S/c1-2-15(13,14)5-3-4-12-8-9-6-10(11)7-9/h9-10,12H,2-8H2,1H3. The van der Waals surface area contributed by atoms with Gasteiger partial charge in [0.05, 0.1) is 5.75 Å². The van der Waals surface area contributed by atoms with Gasteiger partial charge < -0.3 is 5.32 Å². The summed E-state index contributed by atoms with van der Waals surface area (Å²) in [6.07, 6.45) is 2.91. The SMILES string of the molecule is CCS(=O)(=O)CCCNCC1CC(Cl)C1. The van der Waals surface area contributed by atoms with Crippen LogP contribution in [0.5, 0.6) is 0 Å². The van der Waals surface area contributed by atoms with Crippen LogP contribution in [-0.2, 0) is 9.84 Å². The van der Waals surface area contributed by atoms with Crippen molar-refractivity contribution in [3.8, 4) is 0 Å². The minimum absolute atomic E-state index is 0.254. The van der Waals surface area contributed by atoms with Crippen molar-refractivity contribution in [1.29, 1.82) is 0 Å². The topological polar surface area (TPSA) is 46.2 Å². The predicted octanol–water partition coefficient (Wildman–Crippen LogP) is 1.42. The van der Waals surface area contributed by atoms with E-state index in [1.165, 1.54) is 0 Å². The summed E-state index contributed by atoms with van der Waals surface area (Å²) in [5.74, 6) is 1.26. The first kappa shape index (κ1) is 13.3. The van der Waals surface area contributed by atoms with Crippen LogP contribution in [0.3, 0.4) is 0 Å². The Labute approximate surface area is 97.5 Å². The molecule has 1 saturated carbocycles. The van der Waals surface area contributed by atoms with Gasteiger partial charge in [0.15, 0.2) is 0 Å². The lowest BCUT2D eigenvalue weighted by atomic mass is 9.85. The van der Waals surface area contributed by atoms with E-state index in [9.17, 15) is 8.42 Å². The number of sulfone groups is 1. The van der Waals surface area contributed by atoms with Crippen LogP contribution in [0.2, 0.25) is 0 Å². The molecule has 1 N–H and O–H groups in total. The molecule has 0 spiro atoms. The molecule has 1 aliphatic rings. The zero-order valence-electron chi connectivity index (χ0n) is 9.21. The molecule has 0 aromatic heterocycles. The molecule has 1 fully saturated rings. The number of halogens is 1. The van der Waals surface area contributed by atoms with Gasteiger partial charge in [-0.2, -0.15) is 0 Å². The van der Waals surface area contributed by atoms with Crippen LogP contribution in [0.25, 0.3) is 0 Å². The van der Waals surface area contributed by atoms with E-state index >= 15 is 0 Å². The summed E-state index contributed by atoms with van der Waals surface area (Å²) >= 11 is 5.86. The van der Waals surface area contributed by atoms with Crippen LogP contribution < -0.4 is 5.32 Å². The minimum atomic E-state index is -2.78. The average molecular weight is 254 g/mol. The Kier molecular flexibility index (Phi) is 5.36. The summed E-state index contributed by atoms with van der Waals surface area (Å²) in [6.45, 7) is 3.47. The van der Waals surface area contributed by atoms with Crippen LogP contribution in [0, 0.1) is 5.92 Å². The highest BCUT2D eigenvalue weighted by Gasteiger charge is 2.26. The molecule has 0 heterocycles. The van der Waals surface area contributed by atoms with Crippen molar-refractivity contribution in [1.82, 2.24) is 5.32 Å². The molecule has 0 bridgehead atoms. The first-order valence-corrected chi connectivity index (χ1v) is 7.84. The maximum atomic E-state index is 11.2. The summed E-state index contributed by atoms with van der Waals surface area (Å²) in [6, 6.07) is 0. The third-order valence-electron chi connectivity index (χ3n) is 2.86. The Hall–Kier alpha value is 0.200. The Morgan fingerprint density at radius 1 is 1.40 bits per heavy atom. The molecule has 0 amide bonds. The maximum Gasteiger partial charge on any atom is 0.150 e. The molecule has 1 aliphatic carbocycles. The van der Waals surface area contributed by atoms with Gasteiger partial charge >= 0.3 is 0 Å². The van der Waals surface area contributed by atoms with Gasteiger partial charge in [-0.25, -0.2) is 8.42 Å². The molecule has 0 unspecified atom stereocenters. The largest absolute Gasteiger partial charge is 0.316 e. The van der Waals surface area contributed by atoms with Crippen molar-refractivity contribution >= 4 is 21.4 Å². The number of hydrogen-bond acceptors (Lipinski definition) is 3. The van der Waals surface area contributed by atoms with Crippen molar-refractivity contribution in [3.63, 3.8) is 0 Å². The number of nitrogens with one attached hydrogen (secondary N) is 1. The molecule has 0 radical (unpaired) electrons. The lowest BCUT2D eigenvalue weighted by molar-refractivity contribution is 0.309.